The molecule has 1 aliphatic rings. The van der Waals surface area contributed by atoms with E-state index in [0.29, 0.717) is 25.3 Å². The van der Waals surface area contributed by atoms with Gasteiger partial charge in [0.2, 0.25) is 0 Å². The van der Waals surface area contributed by atoms with Crippen molar-refractivity contribution in [3.05, 3.63) is 65.7 Å². The maximum atomic E-state index is 11.8. The maximum Gasteiger partial charge on any atom is 0.411 e. The number of hydrogen-bond donors (Lipinski definition) is 2. The molecule has 2 aromatic rings. The predicted octanol–water partition coefficient (Wildman–Crippen LogP) is 2.95. The second-order valence-electron chi connectivity index (χ2n) is 6.11. The van der Waals surface area contributed by atoms with Gasteiger partial charge in [0, 0.05) is 25.3 Å². The smallest absolute Gasteiger partial charge is 0.411 e. The van der Waals surface area contributed by atoms with Gasteiger partial charge in [-0.15, -0.1) is 0 Å². The number of benzene rings is 2. The van der Waals surface area contributed by atoms with Gasteiger partial charge in [0.1, 0.15) is 6.61 Å². The Bertz CT molecular complexity index is 725. The molecule has 3 rings (SSSR count). The van der Waals surface area contributed by atoms with Gasteiger partial charge in [0.15, 0.2) is 0 Å². The molecule has 0 atom stereocenters. The van der Waals surface area contributed by atoms with Crippen LogP contribution in [0.5, 0.6) is 0 Å². The second-order valence-corrected chi connectivity index (χ2v) is 6.11. The van der Waals surface area contributed by atoms with Gasteiger partial charge in [-0.25, -0.2) is 4.79 Å². The van der Waals surface area contributed by atoms with E-state index in [1.807, 2.05) is 54.6 Å². The number of rotatable bonds is 6. The SMILES string of the molecule is O=C(Nc1ccc(CN2CC(C(=O)O)C2)cc1)OCc1ccccc1. The highest BCUT2D eigenvalue weighted by Gasteiger charge is 2.32. The van der Waals surface area contributed by atoms with Crippen LogP contribution in [0.1, 0.15) is 11.1 Å². The fourth-order valence-electron chi connectivity index (χ4n) is 2.68. The lowest BCUT2D eigenvalue weighted by Crippen LogP contribution is -2.49. The van der Waals surface area contributed by atoms with Gasteiger partial charge >= 0.3 is 12.1 Å². The Labute approximate surface area is 146 Å². The second kappa shape index (κ2) is 7.81. The average Bonchev–Trinajstić information content (AvgIpc) is 2.58. The number of anilines is 1. The zero-order valence-electron chi connectivity index (χ0n) is 13.7. The minimum Gasteiger partial charge on any atom is -0.481 e. The van der Waals surface area contributed by atoms with Crippen molar-refractivity contribution in [1.29, 1.82) is 0 Å². The fourth-order valence-corrected chi connectivity index (χ4v) is 2.68. The van der Waals surface area contributed by atoms with E-state index < -0.39 is 12.1 Å². The van der Waals surface area contributed by atoms with Crippen LogP contribution in [0.4, 0.5) is 10.5 Å². The van der Waals surface area contributed by atoms with Crippen molar-refractivity contribution in [2.45, 2.75) is 13.2 Å². The number of aliphatic carboxylic acids is 1. The van der Waals surface area contributed by atoms with Crippen LogP contribution in [0.25, 0.3) is 0 Å². The summed E-state index contributed by atoms with van der Waals surface area (Å²) in [5, 5.41) is 11.6. The lowest BCUT2D eigenvalue weighted by atomic mass is 9.99. The summed E-state index contributed by atoms with van der Waals surface area (Å²) in [6.07, 6.45) is -0.497. The molecule has 2 N–H and O–H groups in total. The van der Waals surface area contributed by atoms with E-state index in [2.05, 4.69) is 10.2 Å². The molecule has 0 bridgehead atoms. The molecule has 1 saturated heterocycles. The molecule has 1 heterocycles. The van der Waals surface area contributed by atoms with Crippen molar-refractivity contribution in [2.75, 3.05) is 18.4 Å². The van der Waals surface area contributed by atoms with Gasteiger partial charge in [0.25, 0.3) is 0 Å². The summed E-state index contributed by atoms with van der Waals surface area (Å²) in [5.41, 5.74) is 2.67. The van der Waals surface area contributed by atoms with Crippen molar-refractivity contribution >= 4 is 17.7 Å². The molecular weight excluding hydrogens is 320 g/mol. The molecule has 0 saturated carbocycles. The number of carboxylic acids is 1. The number of likely N-dealkylation sites (tertiary alicyclic amines) is 1. The molecule has 2 aromatic carbocycles. The molecule has 0 unspecified atom stereocenters. The van der Waals surface area contributed by atoms with Crippen LogP contribution in [0.15, 0.2) is 54.6 Å². The van der Waals surface area contributed by atoms with Gasteiger partial charge < -0.3 is 9.84 Å². The third-order valence-electron chi connectivity index (χ3n) is 4.13. The molecule has 6 nitrogen and oxygen atoms in total. The standard InChI is InChI=1S/C19H20N2O4/c22-18(23)16-11-21(12-16)10-14-6-8-17(9-7-14)20-19(24)25-13-15-4-2-1-3-5-15/h1-9,16H,10-13H2,(H,20,24)(H,22,23). The molecule has 1 fully saturated rings. The van der Waals surface area contributed by atoms with E-state index in [0.717, 1.165) is 11.1 Å². The molecule has 130 valence electrons. The third kappa shape index (κ3) is 4.81. The highest BCUT2D eigenvalue weighted by Crippen LogP contribution is 2.19. The number of nitrogens with one attached hydrogen (secondary N) is 1. The van der Waals surface area contributed by atoms with E-state index in [1.54, 1.807) is 0 Å². The van der Waals surface area contributed by atoms with E-state index in [4.69, 9.17) is 9.84 Å². The molecule has 1 aliphatic heterocycles. The zero-order chi connectivity index (χ0) is 17.6. The molecule has 1 amide bonds. The van der Waals surface area contributed by atoms with E-state index in [9.17, 15) is 9.59 Å². The summed E-state index contributed by atoms with van der Waals surface area (Å²) < 4.78 is 5.17. The molecule has 0 aliphatic carbocycles. The van der Waals surface area contributed by atoms with Crippen LogP contribution in [0, 0.1) is 5.92 Å². The number of carbonyl (C=O) groups is 2. The lowest BCUT2D eigenvalue weighted by Gasteiger charge is -2.36. The Kier molecular flexibility index (Phi) is 5.30. The fraction of sp³-hybridized carbons (Fsp3) is 0.263. The maximum absolute atomic E-state index is 11.8. The molecule has 0 aromatic heterocycles. The monoisotopic (exact) mass is 340 g/mol. The summed E-state index contributed by atoms with van der Waals surface area (Å²) >= 11 is 0. The van der Waals surface area contributed by atoms with Crippen LogP contribution in [-0.4, -0.2) is 35.2 Å². The van der Waals surface area contributed by atoms with E-state index >= 15 is 0 Å². The van der Waals surface area contributed by atoms with E-state index in [1.165, 1.54) is 0 Å². The van der Waals surface area contributed by atoms with E-state index in [-0.39, 0.29) is 12.5 Å². The highest BCUT2D eigenvalue weighted by molar-refractivity contribution is 5.84. The van der Waals surface area contributed by atoms with Crippen molar-refractivity contribution in [3.8, 4) is 0 Å². The Morgan fingerprint density at radius 2 is 1.72 bits per heavy atom. The summed E-state index contributed by atoms with van der Waals surface area (Å²) in [6.45, 7) is 2.11. The predicted molar refractivity (Wildman–Crippen MR) is 93.1 cm³/mol. The number of carbonyl (C=O) groups excluding carboxylic acids is 1. The van der Waals surface area contributed by atoms with Gasteiger partial charge in [0.05, 0.1) is 5.92 Å². The van der Waals surface area contributed by atoms with Crippen LogP contribution in [0.2, 0.25) is 0 Å². The van der Waals surface area contributed by atoms with Crippen molar-refractivity contribution < 1.29 is 19.4 Å². The largest absolute Gasteiger partial charge is 0.481 e. The average molecular weight is 340 g/mol. The van der Waals surface area contributed by atoms with Gasteiger partial charge in [-0.05, 0) is 23.3 Å². The Morgan fingerprint density at radius 1 is 1.04 bits per heavy atom. The topological polar surface area (TPSA) is 78.9 Å². The third-order valence-corrected chi connectivity index (χ3v) is 4.13. The zero-order valence-corrected chi connectivity index (χ0v) is 13.7. The summed E-state index contributed by atoms with van der Waals surface area (Å²) in [6, 6.07) is 17.0. The minimum atomic E-state index is -0.732. The lowest BCUT2D eigenvalue weighted by molar-refractivity contribution is -0.147. The molecule has 6 heteroatoms. The van der Waals surface area contributed by atoms with Gasteiger partial charge in [-0.3, -0.25) is 15.0 Å². The van der Waals surface area contributed by atoms with Crippen molar-refractivity contribution in [3.63, 3.8) is 0 Å². The van der Waals surface area contributed by atoms with Crippen LogP contribution < -0.4 is 5.32 Å². The molecular formula is C19H20N2O4. The number of amides is 1. The first-order valence-electron chi connectivity index (χ1n) is 8.12. The minimum absolute atomic E-state index is 0.227. The van der Waals surface area contributed by atoms with Crippen molar-refractivity contribution in [1.82, 2.24) is 4.90 Å². The van der Waals surface area contributed by atoms with Gasteiger partial charge in [-0.2, -0.15) is 0 Å². The number of hydrogen-bond acceptors (Lipinski definition) is 4. The number of nitrogens with zero attached hydrogens (tertiary/aromatic N) is 1. The summed E-state index contributed by atoms with van der Waals surface area (Å²) in [4.78, 5) is 24.7. The number of carboxylic acid groups (broad SMARTS) is 1. The first-order chi connectivity index (χ1) is 12.1. The number of ether oxygens (including phenoxy) is 1. The van der Waals surface area contributed by atoms with Crippen LogP contribution in [-0.2, 0) is 22.7 Å². The van der Waals surface area contributed by atoms with Crippen LogP contribution in [0.3, 0.4) is 0 Å². The molecule has 25 heavy (non-hydrogen) atoms. The first kappa shape index (κ1) is 17.0. The van der Waals surface area contributed by atoms with Crippen LogP contribution >= 0.6 is 0 Å². The first-order valence-corrected chi connectivity index (χ1v) is 8.12. The molecule has 0 spiro atoms. The summed E-state index contributed by atoms with van der Waals surface area (Å²) in [5.74, 6) is -0.981. The highest BCUT2D eigenvalue weighted by atomic mass is 16.5. The Hall–Kier alpha value is -2.86. The molecule has 0 radical (unpaired) electrons. The quantitative estimate of drug-likeness (QED) is 0.845. The summed E-state index contributed by atoms with van der Waals surface area (Å²) in [7, 11) is 0. The van der Waals surface area contributed by atoms with Crippen molar-refractivity contribution in [2.24, 2.45) is 5.92 Å². The normalized spacial score (nSPS) is 14.6. The Morgan fingerprint density at radius 3 is 2.36 bits per heavy atom. The Balaban J connectivity index is 1.43. The van der Waals surface area contributed by atoms with Gasteiger partial charge in [-0.1, -0.05) is 42.5 Å².